The molecule has 0 amide bonds. The normalized spacial score (nSPS) is 9.56. The van der Waals surface area contributed by atoms with Crippen molar-refractivity contribution in [1.82, 2.24) is 0 Å². The fraction of sp³-hybridized carbons (Fsp3) is 0.100. The Morgan fingerprint density at radius 2 is 2.25 bits per heavy atom. The second kappa shape index (κ2) is 4.43. The maximum absolute atomic E-state index is 10.6. The average Bonchev–Trinajstić information content (AvgIpc) is 2.27. The van der Waals surface area contributed by atoms with E-state index in [-0.39, 0.29) is 28.4 Å². The number of anilines is 1. The highest BCUT2D eigenvalue weighted by Crippen LogP contribution is 2.21. The SMILES string of the molecule is C=C(OC)C(=N)c1cc([N+](=O)[O-])ccc1N. The van der Waals surface area contributed by atoms with Crippen molar-refractivity contribution in [2.45, 2.75) is 0 Å². The monoisotopic (exact) mass is 221 g/mol. The number of non-ortho nitro benzene ring substituents is 1. The lowest BCUT2D eigenvalue weighted by molar-refractivity contribution is -0.384. The number of hydrogen-bond acceptors (Lipinski definition) is 5. The van der Waals surface area contributed by atoms with E-state index in [1.165, 1.54) is 25.3 Å². The highest BCUT2D eigenvalue weighted by atomic mass is 16.6. The van der Waals surface area contributed by atoms with E-state index in [0.717, 1.165) is 0 Å². The lowest BCUT2D eigenvalue weighted by Crippen LogP contribution is -2.08. The lowest BCUT2D eigenvalue weighted by atomic mass is 10.1. The molecule has 0 radical (unpaired) electrons. The zero-order valence-corrected chi connectivity index (χ0v) is 8.69. The first kappa shape index (κ1) is 11.7. The molecule has 0 fully saturated rings. The molecule has 0 saturated carbocycles. The lowest BCUT2D eigenvalue weighted by Gasteiger charge is -2.08. The Morgan fingerprint density at radius 1 is 1.62 bits per heavy atom. The Bertz CT molecular complexity index is 468. The van der Waals surface area contributed by atoms with Crippen LogP contribution >= 0.6 is 0 Å². The molecule has 1 aromatic carbocycles. The van der Waals surface area contributed by atoms with Crippen molar-refractivity contribution < 1.29 is 9.66 Å². The number of allylic oxidation sites excluding steroid dienone is 1. The van der Waals surface area contributed by atoms with E-state index in [2.05, 4.69) is 6.58 Å². The van der Waals surface area contributed by atoms with E-state index < -0.39 is 4.92 Å². The van der Waals surface area contributed by atoms with Gasteiger partial charge in [-0.2, -0.15) is 0 Å². The molecule has 84 valence electrons. The molecule has 1 rings (SSSR count). The van der Waals surface area contributed by atoms with Crippen LogP contribution in [0.15, 0.2) is 30.5 Å². The summed E-state index contributed by atoms with van der Waals surface area (Å²) in [6, 6.07) is 3.88. The molecular formula is C10H11N3O3. The molecule has 0 aliphatic carbocycles. The smallest absolute Gasteiger partial charge is 0.270 e. The summed E-state index contributed by atoms with van der Waals surface area (Å²) in [6.07, 6.45) is 0. The molecule has 0 heterocycles. The van der Waals surface area contributed by atoms with Crippen molar-refractivity contribution >= 4 is 17.1 Å². The molecule has 0 aliphatic rings. The molecule has 6 heteroatoms. The summed E-state index contributed by atoms with van der Waals surface area (Å²) in [5, 5.41) is 18.3. The third-order valence-corrected chi connectivity index (χ3v) is 2.04. The van der Waals surface area contributed by atoms with Gasteiger partial charge in [-0.15, -0.1) is 0 Å². The molecule has 0 unspecified atom stereocenters. The van der Waals surface area contributed by atoms with Crippen LogP contribution in [0.1, 0.15) is 5.56 Å². The van der Waals surface area contributed by atoms with Crippen molar-refractivity contribution in [3.8, 4) is 0 Å². The first-order chi connectivity index (χ1) is 7.47. The zero-order chi connectivity index (χ0) is 12.3. The van der Waals surface area contributed by atoms with Gasteiger partial charge < -0.3 is 10.5 Å². The van der Waals surface area contributed by atoms with E-state index in [9.17, 15) is 10.1 Å². The van der Waals surface area contributed by atoms with Crippen molar-refractivity contribution in [2.75, 3.05) is 12.8 Å². The zero-order valence-electron chi connectivity index (χ0n) is 8.69. The quantitative estimate of drug-likeness (QED) is 0.265. The molecule has 0 aliphatic heterocycles. The number of ether oxygens (including phenoxy) is 1. The topological polar surface area (TPSA) is 102 Å². The summed E-state index contributed by atoms with van der Waals surface area (Å²) in [7, 11) is 1.37. The van der Waals surface area contributed by atoms with Gasteiger partial charge >= 0.3 is 0 Å². The Morgan fingerprint density at radius 3 is 2.75 bits per heavy atom. The highest BCUT2D eigenvalue weighted by molar-refractivity contribution is 6.12. The third-order valence-electron chi connectivity index (χ3n) is 2.04. The molecule has 0 atom stereocenters. The fourth-order valence-electron chi connectivity index (χ4n) is 1.13. The Kier molecular flexibility index (Phi) is 3.24. The Labute approximate surface area is 92.0 Å². The molecule has 0 aromatic heterocycles. The average molecular weight is 221 g/mol. The van der Waals surface area contributed by atoms with Crippen molar-refractivity contribution in [3.05, 3.63) is 46.2 Å². The van der Waals surface area contributed by atoms with Crippen LogP contribution in [0, 0.1) is 15.5 Å². The van der Waals surface area contributed by atoms with Crippen LogP contribution in [0.4, 0.5) is 11.4 Å². The van der Waals surface area contributed by atoms with Crippen LogP contribution in [0.3, 0.4) is 0 Å². The van der Waals surface area contributed by atoms with Gasteiger partial charge in [-0.25, -0.2) is 0 Å². The predicted octanol–water partition coefficient (Wildman–Crippen LogP) is 1.70. The molecule has 16 heavy (non-hydrogen) atoms. The second-order valence-corrected chi connectivity index (χ2v) is 3.03. The number of nitrogen functional groups attached to an aromatic ring is 1. The van der Waals surface area contributed by atoms with Crippen LogP contribution in [-0.4, -0.2) is 17.7 Å². The molecule has 6 nitrogen and oxygen atoms in total. The summed E-state index contributed by atoms with van der Waals surface area (Å²) < 4.78 is 4.78. The van der Waals surface area contributed by atoms with E-state index in [0.29, 0.717) is 0 Å². The summed E-state index contributed by atoms with van der Waals surface area (Å²) >= 11 is 0. The van der Waals surface area contributed by atoms with Gasteiger partial charge in [0.1, 0.15) is 11.5 Å². The first-order valence-corrected chi connectivity index (χ1v) is 4.33. The van der Waals surface area contributed by atoms with Crippen molar-refractivity contribution in [1.29, 1.82) is 5.41 Å². The summed E-state index contributed by atoms with van der Waals surface area (Å²) in [6.45, 7) is 3.49. The fourth-order valence-corrected chi connectivity index (χ4v) is 1.13. The van der Waals surface area contributed by atoms with Crippen LogP contribution in [0.5, 0.6) is 0 Å². The van der Waals surface area contributed by atoms with Crippen LogP contribution in [-0.2, 0) is 4.74 Å². The maximum atomic E-state index is 10.6. The third kappa shape index (κ3) is 2.17. The molecule has 0 saturated heterocycles. The molecule has 3 N–H and O–H groups in total. The van der Waals surface area contributed by atoms with E-state index in [1.54, 1.807) is 0 Å². The number of methoxy groups -OCH3 is 1. The minimum Gasteiger partial charge on any atom is -0.495 e. The number of nitrogens with zero attached hydrogens (tertiary/aromatic N) is 1. The van der Waals surface area contributed by atoms with E-state index in [1.807, 2.05) is 0 Å². The minimum absolute atomic E-state index is 0.0660. The van der Waals surface area contributed by atoms with Crippen molar-refractivity contribution in [2.24, 2.45) is 0 Å². The number of nitro benzene ring substituents is 1. The highest BCUT2D eigenvalue weighted by Gasteiger charge is 2.14. The second-order valence-electron chi connectivity index (χ2n) is 3.03. The van der Waals surface area contributed by atoms with E-state index in [4.69, 9.17) is 15.9 Å². The van der Waals surface area contributed by atoms with Gasteiger partial charge in [0.05, 0.1) is 12.0 Å². The van der Waals surface area contributed by atoms with Crippen molar-refractivity contribution in [3.63, 3.8) is 0 Å². The maximum Gasteiger partial charge on any atom is 0.270 e. The number of nitrogens with two attached hydrogens (primary N) is 1. The van der Waals surface area contributed by atoms with Gasteiger partial charge in [0, 0.05) is 23.4 Å². The first-order valence-electron chi connectivity index (χ1n) is 4.33. The predicted molar refractivity (Wildman–Crippen MR) is 60.5 cm³/mol. The number of rotatable bonds is 4. The molecule has 0 bridgehead atoms. The van der Waals surface area contributed by atoms with E-state index >= 15 is 0 Å². The minimum atomic E-state index is -0.550. The Hall–Kier alpha value is -2.37. The van der Waals surface area contributed by atoms with Gasteiger partial charge in [0.15, 0.2) is 0 Å². The number of nitrogens with one attached hydrogen (secondary N) is 1. The number of hydrogen-bond donors (Lipinski definition) is 2. The van der Waals surface area contributed by atoms with Crippen LogP contribution < -0.4 is 5.73 Å². The standard InChI is InChI=1S/C10H11N3O3/c1-6(16-2)10(12)8-5-7(13(14)15)3-4-9(8)11/h3-5,12H,1,11H2,2H3. The van der Waals surface area contributed by atoms with Gasteiger partial charge in [-0.1, -0.05) is 6.58 Å². The van der Waals surface area contributed by atoms with Gasteiger partial charge in [0.2, 0.25) is 0 Å². The molecule has 1 aromatic rings. The van der Waals surface area contributed by atoms with Gasteiger partial charge in [-0.05, 0) is 6.07 Å². The number of nitro groups is 1. The summed E-state index contributed by atoms with van der Waals surface area (Å²) in [5.41, 5.74) is 5.94. The van der Waals surface area contributed by atoms with Crippen LogP contribution in [0.25, 0.3) is 0 Å². The summed E-state index contributed by atoms with van der Waals surface area (Å²) in [4.78, 5) is 10.0. The largest absolute Gasteiger partial charge is 0.495 e. The van der Waals surface area contributed by atoms with Crippen LogP contribution in [0.2, 0.25) is 0 Å². The summed E-state index contributed by atoms with van der Waals surface area (Å²) in [5.74, 6) is 0.104. The number of benzene rings is 1. The molecular weight excluding hydrogens is 210 g/mol. The Balaban J connectivity index is 3.22. The molecule has 0 spiro atoms. The van der Waals surface area contributed by atoms with Gasteiger partial charge in [0.25, 0.3) is 5.69 Å². The van der Waals surface area contributed by atoms with Gasteiger partial charge in [-0.3, -0.25) is 15.5 Å².